The summed E-state index contributed by atoms with van der Waals surface area (Å²) in [6.07, 6.45) is 4.17. The van der Waals surface area contributed by atoms with E-state index in [9.17, 15) is 9.59 Å². The lowest BCUT2D eigenvalue weighted by Gasteiger charge is -2.22. The molecule has 0 N–H and O–H groups in total. The van der Waals surface area contributed by atoms with E-state index in [0.717, 1.165) is 18.5 Å². The van der Waals surface area contributed by atoms with Crippen molar-refractivity contribution >= 4 is 18.0 Å². The Hall–Kier alpha value is -2.54. The molecule has 27 heavy (non-hydrogen) atoms. The summed E-state index contributed by atoms with van der Waals surface area (Å²) in [5.74, 6) is 0.825. The highest BCUT2D eigenvalue weighted by Crippen LogP contribution is 2.25. The van der Waals surface area contributed by atoms with Gasteiger partial charge in [0.25, 0.3) is 0 Å². The zero-order valence-electron chi connectivity index (χ0n) is 16.9. The number of ether oxygens (including phenoxy) is 3. The molecule has 0 saturated heterocycles. The minimum atomic E-state index is -0.334. The summed E-state index contributed by atoms with van der Waals surface area (Å²) in [4.78, 5) is 27.8. The number of hydrogen-bond donors (Lipinski definition) is 0. The van der Waals surface area contributed by atoms with E-state index in [1.807, 2.05) is 14.1 Å². The maximum atomic E-state index is 12.6. The molecular formula is C20H30N2O5. The van der Waals surface area contributed by atoms with E-state index in [2.05, 4.69) is 9.64 Å². The number of benzene rings is 1. The van der Waals surface area contributed by atoms with Crippen LogP contribution < -0.4 is 9.47 Å². The van der Waals surface area contributed by atoms with Gasteiger partial charge in [-0.25, -0.2) is 0 Å². The van der Waals surface area contributed by atoms with Gasteiger partial charge in [0, 0.05) is 24.7 Å². The lowest BCUT2D eigenvalue weighted by Crippen LogP contribution is -2.34. The summed E-state index contributed by atoms with van der Waals surface area (Å²) < 4.78 is 15.2. The highest BCUT2D eigenvalue weighted by molar-refractivity contribution is 5.92. The molecule has 0 saturated carbocycles. The molecule has 0 aromatic heterocycles. The van der Waals surface area contributed by atoms with E-state index in [1.54, 1.807) is 43.4 Å². The average molecular weight is 378 g/mol. The largest absolute Gasteiger partial charge is 0.497 e. The number of carbonyl (C=O) groups excluding carboxylic acids is 2. The zero-order valence-corrected chi connectivity index (χ0v) is 16.9. The number of methoxy groups -OCH3 is 3. The third kappa shape index (κ3) is 8.13. The SMILES string of the molecule is COC(=O)CCN(CCCN(C)C)C(=O)/C=C/c1cc(OC)ccc1OC. The summed E-state index contributed by atoms with van der Waals surface area (Å²) in [5, 5.41) is 0. The standard InChI is InChI=1S/C20H30N2O5/c1-21(2)12-6-13-22(14-11-20(24)27-5)19(23)10-7-16-15-17(25-3)8-9-18(16)26-4/h7-10,15H,6,11-14H2,1-5H3/b10-7+. The van der Waals surface area contributed by atoms with Crippen LogP contribution in [0.5, 0.6) is 11.5 Å². The first kappa shape index (κ1) is 22.5. The number of nitrogens with zero attached hydrogens (tertiary/aromatic N) is 2. The lowest BCUT2D eigenvalue weighted by atomic mass is 10.1. The Morgan fingerprint density at radius 2 is 1.78 bits per heavy atom. The number of amides is 1. The van der Waals surface area contributed by atoms with Crippen LogP contribution in [0.2, 0.25) is 0 Å². The number of esters is 1. The van der Waals surface area contributed by atoms with Gasteiger partial charge in [-0.1, -0.05) is 0 Å². The quantitative estimate of drug-likeness (QED) is 0.434. The van der Waals surface area contributed by atoms with Crippen molar-refractivity contribution in [2.24, 2.45) is 0 Å². The van der Waals surface area contributed by atoms with Gasteiger partial charge in [-0.05, 0) is 51.3 Å². The Balaban J connectivity index is 2.86. The van der Waals surface area contributed by atoms with Crippen molar-refractivity contribution in [3.05, 3.63) is 29.8 Å². The first-order chi connectivity index (χ1) is 12.9. The molecule has 1 aromatic carbocycles. The summed E-state index contributed by atoms with van der Waals surface area (Å²) >= 11 is 0. The molecule has 0 atom stereocenters. The van der Waals surface area contributed by atoms with Crippen molar-refractivity contribution in [3.8, 4) is 11.5 Å². The fourth-order valence-electron chi connectivity index (χ4n) is 2.47. The number of hydrogen-bond acceptors (Lipinski definition) is 6. The number of carbonyl (C=O) groups is 2. The van der Waals surface area contributed by atoms with E-state index in [4.69, 9.17) is 9.47 Å². The van der Waals surface area contributed by atoms with Gasteiger partial charge in [0.15, 0.2) is 0 Å². The van der Waals surface area contributed by atoms with Gasteiger partial charge in [0.2, 0.25) is 5.91 Å². The molecule has 1 amide bonds. The highest BCUT2D eigenvalue weighted by atomic mass is 16.5. The highest BCUT2D eigenvalue weighted by Gasteiger charge is 2.13. The number of rotatable bonds is 11. The Bertz CT molecular complexity index is 643. The Kier molecular flexibility index (Phi) is 9.96. The van der Waals surface area contributed by atoms with Crippen LogP contribution in [0, 0.1) is 0 Å². The molecule has 0 unspecified atom stereocenters. The lowest BCUT2D eigenvalue weighted by molar-refractivity contribution is -0.141. The van der Waals surface area contributed by atoms with E-state index in [1.165, 1.54) is 13.2 Å². The Morgan fingerprint density at radius 1 is 1.04 bits per heavy atom. The van der Waals surface area contributed by atoms with Crippen molar-refractivity contribution in [2.75, 3.05) is 55.1 Å². The van der Waals surface area contributed by atoms with Gasteiger partial charge in [-0.2, -0.15) is 0 Å². The van der Waals surface area contributed by atoms with Gasteiger partial charge in [0.05, 0.1) is 27.8 Å². The van der Waals surface area contributed by atoms with E-state index >= 15 is 0 Å². The predicted octanol–water partition coefficient (Wildman–Crippen LogP) is 2.06. The molecule has 0 aliphatic heterocycles. The molecule has 7 nitrogen and oxygen atoms in total. The van der Waals surface area contributed by atoms with Crippen molar-refractivity contribution in [3.63, 3.8) is 0 Å². The van der Waals surface area contributed by atoms with E-state index < -0.39 is 0 Å². The first-order valence-electron chi connectivity index (χ1n) is 8.81. The van der Waals surface area contributed by atoms with Crippen LogP contribution in [-0.2, 0) is 14.3 Å². The van der Waals surface area contributed by atoms with E-state index in [-0.39, 0.29) is 18.3 Å². The maximum Gasteiger partial charge on any atom is 0.307 e. The smallest absolute Gasteiger partial charge is 0.307 e. The summed E-state index contributed by atoms with van der Waals surface area (Å²) in [6, 6.07) is 5.38. The topological polar surface area (TPSA) is 68.3 Å². The molecule has 0 fully saturated rings. The van der Waals surface area contributed by atoms with Gasteiger partial charge < -0.3 is 24.0 Å². The van der Waals surface area contributed by atoms with Gasteiger partial charge in [0.1, 0.15) is 11.5 Å². The monoisotopic (exact) mass is 378 g/mol. The first-order valence-corrected chi connectivity index (χ1v) is 8.81. The van der Waals surface area contributed by atoms with Crippen molar-refractivity contribution < 1.29 is 23.8 Å². The molecule has 0 aliphatic rings. The van der Waals surface area contributed by atoms with Crippen LogP contribution >= 0.6 is 0 Å². The second-order valence-corrected chi connectivity index (χ2v) is 6.25. The van der Waals surface area contributed by atoms with Crippen LogP contribution in [0.1, 0.15) is 18.4 Å². The van der Waals surface area contributed by atoms with Crippen LogP contribution in [0.4, 0.5) is 0 Å². The molecule has 1 aromatic rings. The van der Waals surface area contributed by atoms with Crippen LogP contribution in [0.25, 0.3) is 6.08 Å². The summed E-state index contributed by atoms with van der Waals surface area (Å²) in [5.41, 5.74) is 0.742. The van der Waals surface area contributed by atoms with Crippen molar-refractivity contribution in [2.45, 2.75) is 12.8 Å². The molecule has 0 radical (unpaired) electrons. The average Bonchev–Trinajstić information content (AvgIpc) is 2.67. The normalized spacial score (nSPS) is 10.9. The maximum absolute atomic E-state index is 12.6. The summed E-state index contributed by atoms with van der Waals surface area (Å²) in [7, 11) is 8.46. The fourth-order valence-corrected chi connectivity index (χ4v) is 2.47. The van der Waals surface area contributed by atoms with Crippen LogP contribution in [0.15, 0.2) is 24.3 Å². The Labute approximate surface area is 161 Å². The molecule has 1 rings (SSSR count). The van der Waals surface area contributed by atoms with Crippen molar-refractivity contribution in [1.29, 1.82) is 0 Å². The third-order valence-electron chi connectivity index (χ3n) is 4.00. The van der Waals surface area contributed by atoms with Gasteiger partial charge >= 0.3 is 5.97 Å². The van der Waals surface area contributed by atoms with Gasteiger partial charge in [-0.15, -0.1) is 0 Å². The molecule has 0 spiro atoms. The van der Waals surface area contributed by atoms with Crippen LogP contribution in [0.3, 0.4) is 0 Å². The van der Waals surface area contributed by atoms with Crippen molar-refractivity contribution in [1.82, 2.24) is 9.80 Å². The zero-order chi connectivity index (χ0) is 20.2. The molecule has 0 bridgehead atoms. The minimum absolute atomic E-state index is 0.164. The second-order valence-electron chi connectivity index (χ2n) is 6.25. The fraction of sp³-hybridized carbons (Fsp3) is 0.500. The minimum Gasteiger partial charge on any atom is -0.497 e. The molecule has 0 aliphatic carbocycles. The molecule has 7 heteroatoms. The summed E-state index contributed by atoms with van der Waals surface area (Å²) in [6.45, 7) is 1.74. The molecule has 150 valence electrons. The molecule has 0 heterocycles. The predicted molar refractivity (Wildman–Crippen MR) is 105 cm³/mol. The van der Waals surface area contributed by atoms with Gasteiger partial charge in [-0.3, -0.25) is 9.59 Å². The third-order valence-corrected chi connectivity index (χ3v) is 4.00. The second kappa shape index (κ2) is 12.0. The molecular weight excluding hydrogens is 348 g/mol. The van der Waals surface area contributed by atoms with Crippen LogP contribution in [-0.4, -0.2) is 76.7 Å². The van der Waals surface area contributed by atoms with E-state index in [0.29, 0.717) is 24.6 Å². The Morgan fingerprint density at radius 3 is 2.37 bits per heavy atom.